The highest BCUT2D eigenvalue weighted by molar-refractivity contribution is 5.88. The monoisotopic (exact) mass is 303 g/mol. The Morgan fingerprint density at radius 3 is 2.77 bits per heavy atom. The third kappa shape index (κ3) is 2.47. The van der Waals surface area contributed by atoms with E-state index in [0.29, 0.717) is 12.8 Å². The van der Waals surface area contributed by atoms with Crippen LogP contribution in [0.4, 0.5) is 0 Å². The number of carboxylic acid groups (broad SMARTS) is 1. The van der Waals surface area contributed by atoms with Crippen LogP contribution in [-0.2, 0) is 16.1 Å². The quantitative estimate of drug-likeness (QED) is 0.901. The number of likely N-dealkylation sites (tertiary alicyclic amines) is 2. The molecule has 1 spiro atoms. The molecule has 6 heteroatoms. The summed E-state index contributed by atoms with van der Waals surface area (Å²) in [5, 5.41) is 9.47. The van der Waals surface area contributed by atoms with Crippen LogP contribution in [0, 0.1) is 5.92 Å². The van der Waals surface area contributed by atoms with E-state index in [4.69, 9.17) is 0 Å². The molecule has 22 heavy (non-hydrogen) atoms. The summed E-state index contributed by atoms with van der Waals surface area (Å²) in [5.41, 5.74) is 0.651. The van der Waals surface area contributed by atoms with Crippen molar-refractivity contribution < 1.29 is 14.7 Å². The molecule has 1 N–H and O–H groups in total. The molecule has 3 rings (SSSR count). The Hall–Kier alpha value is -1.95. The number of nitrogens with zero attached hydrogens (tertiary/aromatic N) is 3. The fourth-order valence-corrected chi connectivity index (χ4v) is 3.83. The Morgan fingerprint density at radius 2 is 2.18 bits per heavy atom. The molecular formula is C16H21N3O3. The van der Waals surface area contributed by atoms with E-state index in [1.807, 2.05) is 18.3 Å². The summed E-state index contributed by atoms with van der Waals surface area (Å²) in [6.07, 6.45) is 5.17. The van der Waals surface area contributed by atoms with Crippen LogP contribution < -0.4 is 0 Å². The normalized spacial score (nSPS) is 24.9. The predicted molar refractivity (Wildman–Crippen MR) is 80.0 cm³/mol. The van der Waals surface area contributed by atoms with Crippen molar-refractivity contribution in [1.82, 2.24) is 14.8 Å². The maximum Gasteiger partial charge on any atom is 0.309 e. The number of aromatic nitrogens is 1. The summed E-state index contributed by atoms with van der Waals surface area (Å²) in [6.45, 7) is 2.42. The zero-order valence-corrected chi connectivity index (χ0v) is 12.7. The summed E-state index contributed by atoms with van der Waals surface area (Å²) in [4.78, 5) is 31.6. The molecule has 1 atom stereocenters. The second kappa shape index (κ2) is 5.68. The van der Waals surface area contributed by atoms with Crippen LogP contribution in [0.5, 0.6) is 0 Å². The summed E-state index contributed by atoms with van der Waals surface area (Å²) in [6, 6.07) is 3.97. The van der Waals surface area contributed by atoms with Gasteiger partial charge in [-0.15, -0.1) is 0 Å². The van der Waals surface area contributed by atoms with Gasteiger partial charge in [0, 0.05) is 45.5 Å². The maximum absolute atomic E-state index is 12.0. The first-order chi connectivity index (χ1) is 10.5. The number of amides is 1. The second-order valence-electron chi connectivity index (χ2n) is 6.29. The molecule has 0 aliphatic carbocycles. The highest BCUT2D eigenvalue weighted by atomic mass is 16.4. The van der Waals surface area contributed by atoms with Crippen molar-refractivity contribution >= 4 is 11.9 Å². The van der Waals surface area contributed by atoms with Crippen molar-refractivity contribution in [3.63, 3.8) is 0 Å². The molecular weight excluding hydrogens is 282 g/mol. The predicted octanol–water partition coefficient (Wildman–Crippen LogP) is 0.979. The minimum Gasteiger partial charge on any atom is -0.481 e. The van der Waals surface area contributed by atoms with Crippen molar-refractivity contribution in [2.24, 2.45) is 5.92 Å². The second-order valence-corrected chi connectivity index (χ2v) is 6.29. The van der Waals surface area contributed by atoms with Crippen molar-refractivity contribution in [3.05, 3.63) is 30.1 Å². The molecule has 6 nitrogen and oxygen atoms in total. The number of rotatable bonds is 3. The van der Waals surface area contributed by atoms with Crippen LogP contribution in [0.3, 0.4) is 0 Å². The summed E-state index contributed by atoms with van der Waals surface area (Å²) < 4.78 is 0. The lowest BCUT2D eigenvalue weighted by atomic mass is 9.77. The van der Waals surface area contributed by atoms with Gasteiger partial charge >= 0.3 is 5.97 Å². The number of piperidine rings is 1. The first-order valence-electron chi connectivity index (χ1n) is 7.64. The fraction of sp³-hybridized carbons (Fsp3) is 0.562. The average molecular weight is 303 g/mol. The molecule has 2 aliphatic rings. The van der Waals surface area contributed by atoms with Crippen LogP contribution in [0.25, 0.3) is 0 Å². The van der Waals surface area contributed by atoms with Crippen molar-refractivity contribution in [3.8, 4) is 0 Å². The fourth-order valence-electron chi connectivity index (χ4n) is 3.83. The number of aliphatic carboxylic acids is 1. The van der Waals surface area contributed by atoms with Gasteiger partial charge in [0.2, 0.25) is 5.91 Å². The van der Waals surface area contributed by atoms with Gasteiger partial charge in [-0.25, -0.2) is 0 Å². The third-order valence-electron chi connectivity index (χ3n) is 5.22. The lowest BCUT2D eigenvalue weighted by Crippen LogP contribution is -2.55. The van der Waals surface area contributed by atoms with E-state index in [0.717, 1.165) is 25.2 Å². The number of carbonyl (C=O) groups is 2. The van der Waals surface area contributed by atoms with E-state index in [2.05, 4.69) is 9.88 Å². The molecule has 2 fully saturated rings. The Bertz CT molecular complexity index is 567. The van der Waals surface area contributed by atoms with Gasteiger partial charge in [-0.1, -0.05) is 6.07 Å². The van der Waals surface area contributed by atoms with Gasteiger partial charge in [0.15, 0.2) is 0 Å². The van der Waals surface area contributed by atoms with Crippen molar-refractivity contribution in [1.29, 1.82) is 0 Å². The smallest absolute Gasteiger partial charge is 0.309 e. The first-order valence-corrected chi connectivity index (χ1v) is 7.64. The maximum atomic E-state index is 12.0. The molecule has 0 radical (unpaired) electrons. The highest BCUT2D eigenvalue weighted by Crippen LogP contribution is 2.42. The van der Waals surface area contributed by atoms with E-state index in [-0.39, 0.29) is 12.3 Å². The molecule has 0 saturated carbocycles. The molecule has 3 heterocycles. The molecule has 118 valence electrons. The van der Waals surface area contributed by atoms with Gasteiger partial charge in [0.05, 0.1) is 11.5 Å². The number of carboxylic acids is 1. The van der Waals surface area contributed by atoms with Gasteiger partial charge in [-0.3, -0.25) is 19.5 Å². The van der Waals surface area contributed by atoms with Crippen LogP contribution in [0.15, 0.2) is 24.5 Å². The van der Waals surface area contributed by atoms with Crippen LogP contribution in [-0.4, -0.2) is 57.4 Å². The first kappa shape index (κ1) is 15.0. The number of pyridine rings is 1. The van der Waals surface area contributed by atoms with Crippen molar-refractivity contribution in [2.45, 2.75) is 31.3 Å². The van der Waals surface area contributed by atoms with Gasteiger partial charge in [0.1, 0.15) is 0 Å². The summed E-state index contributed by atoms with van der Waals surface area (Å²) in [5.74, 6) is -1.47. The average Bonchev–Trinajstić information content (AvgIpc) is 2.76. The van der Waals surface area contributed by atoms with E-state index in [1.54, 1.807) is 18.1 Å². The Morgan fingerprint density at radius 1 is 1.45 bits per heavy atom. The van der Waals surface area contributed by atoms with Crippen LogP contribution in [0.2, 0.25) is 0 Å². The van der Waals surface area contributed by atoms with E-state index in [1.165, 1.54) is 0 Å². The standard InChI is InChI=1S/C16H21N3O3/c1-18-14(20)9-13(15(21)22)16(18)4-7-19(8-5-16)11-12-3-2-6-17-10-12/h2-3,6,10,13H,4-5,7-9,11H2,1H3,(H,21,22)/t13-/m1/s1. The zero-order valence-electron chi connectivity index (χ0n) is 12.7. The topological polar surface area (TPSA) is 73.7 Å². The molecule has 1 aromatic heterocycles. The van der Waals surface area contributed by atoms with Gasteiger partial charge in [-0.05, 0) is 24.5 Å². The minimum absolute atomic E-state index is 0.0480. The lowest BCUT2D eigenvalue weighted by Gasteiger charge is -2.45. The van der Waals surface area contributed by atoms with Crippen LogP contribution >= 0.6 is 0 Å². The molecule has 1 aromatic rings. The van der Waals surface area contributed by atoms with Gasteiger partial charge in [-0.2, -0.15) is 0 Å². The largest absolute Gasteiger partial charge is 0.481 e. The number of hydrogen-bond donors (Lipinski definition) is 1. The molecule has 1 amide bonds. The van der Waals surface area contributed by atoms with Gasteiger partial charge in [0.25, 0.3) is 0 Å². The zero-order chi connectivity index (χ0) is 15.7. The minimum atomic E-state index is -0.849. The lowest BCUT2D eigenvalue weighted by molar-refractivity contribution is -0.146. The molecule has 0 aromatic carbocycles. The van der Waals surface area contributed by atoms with Gasteiger partial charge < -0.3 is 10.0 Å². The Kier molecular flexibility index (Phi) is 3.87. The molecule has 0 bridgehead atoms. The van der Waals surface area contributed by atoms with E-state index in [9.17, 15) is 14.7 Å². The number of hydrogen-bond acceptors (Lipinski definition) is 4. The van der Waals surface area contributed by atoms with Crippen molar-refractivity contribution in [2.75, 3.05) is 20.1 Å². The summed E-state index contributed by atoms with van der Waals surface area (Å²) >= 11 is 0. The Labute approximate surface area is 129 Å². The third-order valence-corrected chi connectivity index (χ3v) is 5.22. The van der Waals surface area contributed by atoms with E-state index < -0.39 is 17.4 Å². The SMILES string of the molecule is CN1C(=O)C[C@H](C(=O)O)C12CCN(Cc1cccnc1)CC2. The molecule has 0 unspecified atom stereocenters. The highest BCUT2D eigenvalue weighted by Gasteiger charge is 2.55. The molecule has 2 aliphatic heterocycles. The summed E-state index contributed by atoms with van der Waals surface area (Å²) in [7, 11) is 1.75. The molecule has 2 saturated heterocycles. The Balaban J connectivity index is 1.69. The van der Waals surface area contributed by atoms with Crippen LogP contribution in [0.1, 0.15) is 24.8 Å². The number of carbonyl (C=O) groups excluding carboxylic acids is 1. The van der Waals surface area contributed by atoms with E-state index >= 15 is 0 Å².